The van der Waals surface area contributed by atoms with Crippen LogP contribution >= 0.6 is 0 Å². The number of carbonyl (C=O) groups is 1. The molecule has 1 unspecified atom stereocenters. The first-order valence-electron chi connectivity index (χ1n) is 8.01. The minimum absolute atomic E-state index is 0.0122. The Balaban J connectivity index is 1.73. The highest BCUT2D eigenvalue weighted by Gasteiger charge is 2.33. The van der Waals surface area contributed by atoms with Gasteiger partial charge in [0.25, 0.3) is 5.91 Å². The van der Waals surface area contributed by atoms with Crippen LogP contribution in [0.5, 0.6) is 11.5 Å². The van der Waals surface area contributed by atoms with E-state index in [1.165, 1.54) is 16.0 Å². The molecule has 1 fully saturated rings. The molecular weight excluding hydrogens is 280 g/mol. The van der Waals surface area contributed by atoms with Crippen molar-refractivity contribution in [3.63, 3.8) is 0 Å². The predicted molar refractivity (Wildman–Crippen MR) is 83.4 cm³/mol. The molecule has 1 saturated carbocycles. The predicted octanol–water partition coefficient (Wildman–Crippen LogP) is 0.312. The quantitative estimate of drug-likeness (QED) is 0.823. The van der Waals surface area contributed by atoms with Crippen molar-refractivity contribution in [1.29, 1.82) is 0 Å². The number of carbonyl (C=O) groups excluding carboxylic acids is 1. The van der Waals surface area contributed by atoms with Crippen molar-refractivity contribution in [3.05, 3.63) is 23.3 Å². The summed E-state index contributed by atoms with van der Waals surface area (Å²) in [4.78, 5) is 13.6. The van der Waals surface area contributed by atoms with Crippen LogP contribution in [0.2, 0.25) is 0 Å². The van der Waals surface area contributed by atoms with Crippen LogP contribution in [-0.2, 0) is 17.8 Å². The van der Waals surface area contributed by atoms with Gasteiger partial charge < -0.3 is 19.7 Å². The van der Waals surface area contributed by atoms with Crippen molar-refractivity contribution in [2.75, 3.05) is 20.8 Å². The molecule has 1 aliphatic carbocycles. The highest BCUT2D eigenvalue weighted by molar-refractivity contribution is 5.80. The fourth-order valence-electron chi connectivity index (χ4n) is 3.10. The zero-order valence-corrected chi connectivity index (χ0v) is 13.6. The Morgan fingerprint density at radius 3 is 2.45 bits per heavy atom. The number of ether oxygens (including phenoxy) is 2. The van der Waals surface area contributed by atoms with Crippen molar-refractivity contribution < 1.29 is 19.2 Å². The lowest BCUT2D eigenvalue weighted by Crippen LogP contribution is -3.16. The topological polar surface area (TPSA) is 52.0 Å². The lowest BCUT2D eigenvalue weighted by atomic mass is 9.97. The molecule has 1 aromatic carbocycles. The molecule has 2 N–H and O–H groups in total. The Kier molecular flexibility index (Phi) is 4.25. The number of fused-ring (bicyclic) bond motifs is 1. The number of hydrogen-bond donors (Lipinski definition) is 2. The molecule has 1 aromatic rings. The van der Waals surface area contributed by atoms with E-state index in [1.807, 2.05) is 6.92 Å². The highest BCUT2D eigenvalue weighted by Crippen LogP contribution is 2.31. The molecular formula is C17H25N2O3+. The number of quaternary nitrogens is 1. The third-order valence-electron chi connectivity index (χ3n) is 4.77. The van der Waals surface area contributed by atoms with Gasteiger partial charge in [-0.15, -0.1) is 0 Å². The van der Waals surface area contributed by atoms with Crippen molar-refractivity contribution in [2.45, 2.75) is 44.8 Å². The van der Waals surface area contributed by atoms with Crippen LogP contribution in [0.3, 0.4) is 0 Å². The third-order valence-corrected chi connectivity index (χ3v) is 4.77. The van der Waals surface area contributed by atoms with E-state index in [9.17, 15) is 4.79 Å². The van der Waals surface area contributed by atoms with Crippen molar-refractivity contribution in [3.8, 4) is 11.5 Å². The van der Waals surface area contributed by atoms with Crippen LogP contribution in [0.4, 0.5) is 0 Å². The van der Waals surface area contributed by atoms with Gasteiger partial charge in [0.1, 0.15) is 6.54 Å². The number of amides is 1. The third kappa shape index (κ3) is 3.04. The minimum atomic E-state index is -0.0122. The second kappa shape index (κ2) is 6.16. The molecule has 3 rings (SSSR count). The molecule has 120 valence electrons. The minimum Gasteiger partial charge on any atom is -0.493 e. The Bertz CT molecular complexity index is 569. The molecule has 0 bridgehead atoms. The standard InChI is InChI=1S/C17H24N2O3/c1-11(17(20)18-14-4-5-14)19-7-6-12-8-15(21-2)16(22-3)9-13(12)10-19/h8-9,11,14H,4-7,10H2,1-3H3,(H,18,20)/p+1/t11-/m1/s1. The van der Waals surface area contributed by atoms with E-state index in [2.05, 4.69) is 17.4 Å². The molecule has 0 spiro atoms. The fourth-order valence-corrected chi connectivity index (χ4v) is 3.10. The maximum absolute atomic E-state index is 12.3. The Morgan fingerprint density at radius 2 is 1.86 bits per heavy atom. The van der Waals surface area contributed by atoms with Crippen LogP contribution in [0.15, 0.2) is 12.1 Å². The summed E-state index contributed by atoms with van der Waals surface area (Å²) in [6.45, 7) is 3.86. The van der Waals surface area contributed by atoms with Gasteiger partial charge in [0.05, 0.1) is 20.8 Å². The summed E-state index contributed by atoms with van der Waals surface area (Å²) >= 11 is 0. The largest absolute Gasteiger partial charge is 0.493 e. The SMILES string of the molecule is COc1cc2c(cc1OC)C[NH+]([C@H](C)C(=O)NC1CC1)CC2. The van der Waals surface area contributed by atoms with Crippen molar-refractivity contribution in [1.82, 2.24) is 5.32 Å². The number of benzene rings is 1. The Labute approximate surface area is 131 Å². The van der Waals surface area contributed by atoms with Gasteiger partial charge in [-0.2, -0.15) is 0 Å². The zero-order chi connectivity index (χ0) is 15.7. The van der Waals surface area contributed by atoms with Gasteiger partial charge in [-0.05, 0) is 37.5 Å². The summed E-state index contributed by atoms with van der Waals surface area (Å²) in [6.07, 6.45) is 3.23. The van der Waals surface area contributed by atoms with E-state index < -0.39 is 0 Å². The number of methoxy groups -OCH3 is 2. The van der Waals surface area contributed by atoms with Crippen LogP contribution in [0.25, 0.3) is 0 Å². The number of nitrogens with one attached hydrogen (secondary N) is 2. The zero-order valence-electron chi connectivity index (χ0n) is 13.6. The molecule has 1 aliphatic heterocycles. The molecule has 22 heavy (non-hydrogen) atoms. The normalized spacial score (nSPS) is 21.7. The fraction of sp³-hybridized carbons (Fsp3) is 0.588. The van der Waals surface area contributed by atoms with Gasteiger partial charge in [0, 0.05) is 18.0 Å². The molecule has 2 atom stereocenters. The van der Waals surface area contributed by atoms with E-state index in [-0.39, 0.29) is 11.9 Å². The Morgan fingerprint density at radius 1 is 1.23 bits per heavy atom. The van der Waals surface area contributed by atoms with Gasteiger partial charge in [-0.3, -0.25) is 4.79 Å². The second-order valence-corrected chi connectivity index (χ2v) is 6.32. The molecule has 1 amide bonds. The van der Waals surface area contributed by atoms with Gasteiger partial charge >= 0.3 is 0 Å². The summed E-state index contributed by atoms with van der Waals surface area (Å²) < 4.78 is 10.8. The molecule has 0 saturated heterocycles. The van der Waals surface area contributed by atoms with Crippen LogP contribution in [0, 0.1) is 0 Å². The summed E-state index contributed by atoms with van der Waals surface area (Å²) in [5, 5.41) is 3.11. The lowest BCUT2D eigenvalue weighted by molar-refractivity contribution is -0.929. The average molecular weight is 305 g/mol. The first kappa shape index (κ1) is 15.2. The molecule has 0 radical (unpaired) electrons. The van der Waals surface area contributed by atoms with Gasteiger partial charge in [0.15, 0.2) is 17.5 Å². The summed E-state index contributed by atoms with van der Waals surface area (Å²) in [5.74, 6) is 1.73. The van der Waals surface area contributed by atoms with E-state index in [0.717, 1.165) is 43.9 Å². The molecule has 5 heteroatoms. The van der Waals surface area contributed by atoms with E-state index in [1.54, 1.807) is 14.2 Å². The smallest absolute Gasteiger partial charge is 0.278 e. The summed E-state index contributed by atoms with van der Waals surface area (Å²) in [6, 6.07) is 4.54. The van der Waals surface area contributed by atoms with E-state index >= 15 is 0 Å². The van der Waals surface area contributed by atoms with Crippen molar-refractivity contribution in [2.24, 2.45) is 0 Å². The average Bonchev–Trinajstić information content (AvgIpc) is 3.36. The number of rotatable bonds is 5. The van der Waals surface area contributed by atoms with Crippen LogP contribution < -0.4 is 19.7 Å². The lowest BCUT2D eigenvalue weighted by Gasteiger charge is -2.30. The van der Waals surface area contributed by atoms with Gasteiger partial charge in [0.2, 0.25) is 0 Å². The van der Waals surface area contributed by atoms with Crippen LogP contribution in [-0.4, -0.2) is 38.8 Å². The maximum Gasteiger partial charge on any atom is 0.278 e. The maximum atomic E-state index is 12.3. The van der Waals surface area contributed by atoms with Gasteiger partial charge in [-0.1, -0.05) is 0 Å². The summed E-state index contributed by atoms with van der Waals surface area (Å²) in [7, 11) is 3.32. The first-order chi connectivity index (χ1) is 10.6. The Hall–Kier alpha value is -1.75. The van der Waals surface area contributed by atoms with E-state index in [0.29, 0.717) is 6.04 Å². The highest BCUT2D eigenvalue weighted by atomic mass is 16.5. The second-order valence-electron chi connectivity index (χ2n) is 6.32. The molecule has 2 aliphatic rings. The molecule has 0 aromatic heterocycles. The summed E-state index contributed by atoms with van der Waals surface area (Å²) in [5.41, 5.74) is 2.56. The van der Waals surface area contributed by atoms with Gasteiger partial charge in [-0.25, -0.2) is 0 Å². The van der Waals surface area contributed by atoms with Crippen LogP contribution in [0.1, 0.15) is 30.9 Å². The van der Waals surface area contributed by atoms with Crippen molar-refractivity contribution >= 4 is 5.91 Å². The first-order valence-corrected chi connectivity index (χ1v) is 8.01. The monoisotopic (exact) mass is 305 g/mol. The molecule has 5 nitrogen and oxygen atoms in total. The van der Waals surface area contributed by atoms with E-state index in [4.69, 9.17) is 9.47 Å². The number of hydrogen-bond acceptors (Lipinski definition) is 3. The molecule has 1 heterocycles.